The predicted octanol–water partition coefficient (Wildman–Crippen LogP) is 1.85. The highest BCUT2D eigenvalue weighted by Crippen LogP contribution is 2.25. The summed E-state index contributed by atoms with van der Waals surface area (Å²) in [4.78, 5) is 4.60. The van der Waals surface area contributed by atoms with Crippen LogP contribution in [0.15, 0.2) is 29.3 Å². The third kappa shape index (κ3) is 5.39. The Morgan fingerprint density at radius 1 is 1.38 bits per heavy atom. The predicted molar refractivity (Wildman–Crippen MR) is 95.5 cm³/mol. The summed E-state index contributed by atoms with van der Waals surface area (Å²) in [6.45, 7) is 6.69. The third-order valence-corrected chi connectivity index (χ3v) is 4.18. The maximum absolute atomic E-state index is 10.3. The number of nitrogens with one attached hydrogen (secondary N) is 2. The molecule has 1 aliphatic heterocycles. The first-order valence-electron chi connectivity index (χ1n) is 8.54. The second-order valence-corrected chi connectivity index (χ2v) is 6.27. The van der Waals surface area contributed by atoms with Crippen molar-refractivity contribution in [3.63, 3.8) is 0 Å². The highest BCUT2D eigenvalue weighted by molar-refractivity contribution is 5.79. The fourth-order valence-electron chi connectivity index (χ4n) is 2.69. The van der Waals surface area contributed by atoms with Gasteiger partial charge < -0.3 is 25.2 Å². The summed E-state index contributed by atoms with van der Waals surface area (Å²) in [5.74, 6) is 1.47. The summed E-state index contributed by atoms with van der Waals surface area (Å²) in [6, 6.07) is 7.41. The molecule has 134 valence electrons. The smallest absolute Gasteiger partial charge is 0.191 e. The lowest BCUT2D eigenvalue weighted by Crippen LogP contribution is -2.41. The molecule has 0 saturated carbocycles. The quantitative estimate of drug-likeness (QED) is 0.524. The van der Waals surface area contributed by atoms with Crippen LogP contribution < -0.4 is 15.4 Å². The number of benzene rings is 1. The molecule has 0 radical (unpaired) electrons. The Balaban J connectivity index is 1.89. The van der Waals surface area contributed by atoms with Gasteiger partial charge in [0.2, 0.25) is 0 Å². The first-order valence-corrected chi connectivity index (χ1v) is 8.54. The minimum Gasteiger partial charge on any atom is -0.497 e. The Morgan fingerprint density at radius 2 is 2.12 bits per heavy atom. The number of aliphatic hydroxyl groups excluding tert-OH is 1. The molecule has 0 aliphatic carbocycles. The van der Waals surface area contributed by atoms with Gasteiger partial charge in [-0.05, 0) is 44.4 Å². The van der Waals surface area contributed by atoms with E-state index >= 15 is 0 Å². The Kier molecular flexibility index (Phi) is 6.87. The van der Waals surface area contributed by atoms with Crippen molar-refractivity contribution in [2.24, 2.45) is 4.99 Å². The van der Waals surface area contributed by atoms with E-state index in [-0.39, 0.29) is 5.60 Å². The van der Waals surface area contributed by atoms with Crippen molar-refractivity contribution in [3.05, 3.63) is 29.8 Å². The highest BCUT2D eigenvalue weighted by atomic mass is 16.5. The monoisotopic (exact) mass is 335 g/mol. The Morgan fingerprint density at radius 3 is 2.71 bits per heavy atom. The summed E-state index contributed by atoms with van der Waals surface area (Å²) in [7, 11) is 1.63. The van der Waals surface area contributed by atoms with Crippen molar-refractivity contribution >= 4 is 5.96 Å². The molecule has 0 amide bonds. The van der Waals surface area contributed by atoms with Crippen LogP contribution in [0.5, 0.6) is 5.75 Å². The van der Waals surface area contributed by atoms with Gasteiger partial charge in [-0.3, -0.25) is 4.99 Å². The number of ether oxygens (including phenoxy) is 2. The van der Waals surface area contributed by atoms with E-state index in [9.17, 15) is 5.11 Å². The van der Waals surface area contributed by atoms with Crippen LogP contribution in [0.4, 0.5) is 0 Å². The van der Waals surface area contributed by atoms with Gasteiger partial charge in [0.25, 0.3) is 0 Å². The van der Waals surface area contributed by atoms with Gasteiger partial charge >= 0.3 is 0 Å². The van der Waals surface area contributed by atoms with E-state index in [1.54, 1.807) is 7.11 Å². The van der Waals surface area contributed by atoms with E-state index in [1.807, 2.05) is 31.2 Å². The van der Waals surface area contributed by atoms with Gasteiger partial charge in [0.05, 0.1) is 25.4 Å². The lowest BCUT2D eigenvalue weighted by atomic mass is 10.0. The SMILES string of the molecule is CCNC(=NCC1(C)CCCO1)NCC(O)c1ccc(OC)cc1. The van der Waals surface area contributed by atoms with Crippen molar-refractivity contribution in [1.82, 2.24) is 10.6 Å². The van der Waals surface area contributed by atoms with E-state index in [2.05, 4.69) is 22.5 Å². The Labute approximate surface area is 144 Å². The lowest BCUT2D eigenvalue weighted by Gasteiger charge is -2.22. The number of rotatable bonds is 7. The Bertz CT molecular complexity index is 525. The van der Waals surface area contributed by atoms with Gasteiger partial charge in [0.15, 0.2) is 5.96 Å². The van der Waals surface area contributed by atoms with Crippen LogP contribution in [0.1, 0.15) is 38.4 Å². The van der Waals surface area contributed by atoms with Crippen molar-refractivity contribution in [1.29, 1.82) is 0 Å². The van der Waals surface area contributed by atoms with Gasteiger partial charge in [0.1, 0.15) is 5.75 Å². The molecule has 6 heteroatoms. The lowest BCUT2D eigenvalue weighted by molar-refractivity contribution is 0.0283. The number of hydrogen-bond donors (Lipinski definition) is 3. The molecule has 1 heterocycles. The third-order valence-electron chi connectivity index (χ3n) is 4.18. The molecule has 2 unspecified atom stereocenters. The van der Waals surface area contributed by atoms with E-state index in [4.69, 9.17) is 9.47 Å². The summed E-state index contributed by atoms with van der Waals surface area (Å²) >= 11 is 0. The first kappa shape index (κ1) is 18.5. The molecule has 0 spiro atoms. The number of aliphatic hydroxyl groups is 1. The summed E-state index contributed by atoms with van der Waals surface area (Å²) in [6.07, 6.45) is 1.51. The first-order chi connectivity index (χ1) is 11.6. The molecule has 1 aliphatic rings. The molecule has 3 N–H and O–H groups in total. The minimum atomic E-state index is -0.613. The van der Waals surface area contributed by atoms with Gasteiger partial charge in [0, 0.05) is 19.7 Å². The second kappa shape index (κ2) is 8.89. The maximum atomic E-state index is 10.3. The van der Waals surface area contributed by atoms with E-state index in [1.165, 1.54) is 0 Å². The van der Waals surface area contributed by atoms with E-state index in [0.29, 0.717) is 19.0 Å². The fraction of sp³-hybridized carbons (Fsp3) is 0.611. The maximum Gasteiger partial charge on any atom is 0.191 e. The molecule has 1 saturated heterocycles. The number of hydrogen-bond acceptors (Lipinski definition) is 4. The van der Waals surface area contributed by atoms with Crippen LogP contribution in [0.25, 0.3) is 0 Å². The largest absolute Gasteiger partial charge is 0.497 e. The molecular formula is C18H29N3O3. The van der Waals surface area contributed by atoms with Crippen molar-refractivity contribution in [2.75, 3.05) is 33.4 Å². The highest BCUT2D eigenvalue weighted by Gasteiger charge is 2.29. The van der Waals surface area contributed by atoms with Gasteiger partial charge in [-0.1, -0.05) is 12.1 Å². The molecule has 1 fully saturated rings. The average Bonchev–Trinajstić information content (AvgIpc) is 3.04. The molecule has 0 aromatic heterocycles. The van der Waals surface area contributed by atoms with Crippen molar-refractivity contribution in [2.45, 2.75) is 38.4 Å². The molecule has 24 heavy (non-hydrogen) atoms. The molecule has 2 rings (SSSR count). The van der Waals surface area contributed by atoms with Gasteiger partial charge in [-0.15, -0.1) is 0 Å². The Hall–Kier alpha value is -1.79. The second-order valence-electron chi connectivity index (χ2n) is 6.27. The van der Waals surface area contributed by atoms with Crippen LogP contribution in [-0.2, 0) is 4.74 Å². The summed E-state index contributed by atoms with van der Waals surface area (Å²) in [5.41, 5.74) is 0.668. The summed E-state index contributed by atoms with van der Waals surface area (Å²) < 4.78 is 10.9. The van der Waals surface area contributed by atoms with Crippen molar-refractivity contribution < 1.29 is 14.6 Å². The van der Waals surface area contributed by atoms with Gasteiger partial charge in [-0.2, -0.15) is 0 Å². The van der Waals surface area contributed by atoms with Crippen LogP contribution in [0, 0.1) is 0 Å². The average molecular weight is 335 g/mol. The van der Waals surface area contributed by atoms with Crippen molar-refractivity contribution in [3.8, 4) is 5.75 Å². The minimum absolute atomic E-state index is 0.170. The zero-order chi connectivity index (χ0) is 17.4. The van der Waals surface area contributed by atoms with Crippen LogP contribution in [0.2, 0.25) is 0 Å². The zero-order valence-corrected chi connectivity index (χ0v) is 14.8. The molecule has 1 aromatic rings. The zero-order valence-electron chi connectivity index (χ0n) is 14.8. The van der Waals surface area contributed by atoms with Crippen LogP contribution in [-0.4, -0.2) is 50.0 Å². The molecular weight excluding hydrogens is 306 g/mol. The molecule has 1 aromatic carbocycles. The molecule has 2 atom stereocenters. The van der Waals surface area contributed by atoms with Crippen LogP contribution >= 0.6 is 0 Å². The standard InChI is InChI=1S/C18H29N3O3/c1-4-19-17(21-13-18(2)10-5-11-24-18)20-12-16(22)14-6-8-15(23-3)9-7-14/h6-9,16,22H,4-5,10-13H2,1-3H3,(H2,19,20,21). The molecule has 0 bridgehead atoms. The van der Waals surface area contributed by atoms with E-state index < -0.39 is 6.10 Å². The summed E-state index contributed by atoms with van der Waals surface area (Å²) in [5, 5.41) is 16.7. The number of nitrogens with zero attached hydrogens (tertiary/aromatic N) is 1. The number of methoxy groups -OCH3 is 1. The van der Waals surface area contributed by atoms with Gasteiger partial charge in [-0.25, -0.2) is 0 Å². The molecule has 6 nitrogen and oxygen atoms in total. The fourth-order valence-corrected chi connectivity index (χ4v) is 2.69. The normalized spacial score (nSPS) is 22.2. The topological polar surface area (TPSA) is 75.1 Å². The van der Waals surface area contributed by atoms with E-state index in [0.717, 1.165) is 37.3 Å². The van der Waals surface area contributed by atoms with Crippen LogP contribution in [0.3, 0.4) is 0 Å². The number of aliphatic imine (C=N–C) groups is 1. The number of guanidine groups is 1.